The fourth-order valence-electron chi connectivity index (χ4n) is 2.17. The first-order valence-electron chi connectivity index (χ1n) is 6.59. The van der Waals surface area contributed by atoms with Gasteiger partial charge in [-0.05, 0) is 43.5 Å². The number of hydrogen-bond donors (Lipinski definition) is 0. The van der Waals surface area contributed by atoms with Gasteiger partial charge in [0.05, 0.1) is 5.56 Å². The average molecular weight is 261 g/mol. The maximum atomic E-state index is 12.0. The minimum atomic E-state index is -0.547. The molecule has 0 bridgehead atoms. The fraction of sp³-hybridized carbons (Fsp3) is 0.467. The van der Waals surface area contributed by atoms with Gasteiger partial charge in [-0.3, -0.25) is 4.79 Å². The topological polar surface area (TPSA) is 46.6 Å². The largest absolute Gasteiger partial charge is 0.451 e. The smallest absolute Gasteiger partial charge is 0.338 e. The molecular formula is C15H19NO3. The summed E-state index contributed by atoms with van der Waals surface area (Å²) in [4.78, 5) is 25.5. The number of carbonyl (C=O) groups excluding carboxylic acids is 2. The van der Waals surface area contributed by atoms with Gasteiger partial charge in [-0.25, -0.2) is 4.79 Å². The van der Waals surface area contributed by atoms with Crippen molar-refractivity contribution in [2.24, 2.45) is 0 Å². The molecule has 1 aliphatic carbocycles. The second-order valence-corrected chi connectivity index (χ2v) is 5.05. The van der Waals surface area contributed by atoms with Crippen LogP contribution in [0.3, 0.4) is 0 Å². The van der Waals surface area contributed by atoms with E-state index in [1.807, 2.05) is 31.1 Å². The summed E-state index contributed by atoms with van der Waals surface area (Å²) in [5.41, 5.74) is 1.51. The van der Waals surface area contributed by atoms with Crippen LogP contribution >= 0.6 is 0 Å². The highest BCUT2D eigenvalue weighted by atomic mass is 16.5. The van der Waals surface area contributed by atoms with Gasteiger partial charge in [-0.2, -0.15) is 0 Å². The molecule has 0 N–H and O–H groups in total. The summed E-state index contributed by atoms with van der Waals surface area (Å²) >= 11 is 0. The van der Waals surface area contributed by atoms with Crippen molar-refractivity contribution in [3.05, 3.63) is 29.8 Å². The monoisotopic (exact) mass is 261 g/mol. The third kappa shape index (κ3) is 3.34. The van der Waals surface area contributed by atoms with Crippen molar-refractivity contribution in [2.75, 3.05) is 19.0 Å². The van der Waals surface area contributed by atoms with E-state index in [9.17, 15) is 9.59 Å². The molecule has 1 saturated carbocycles. The van der Waals surface area contributed by atoms with Crippen LogP contribution in [0.1, 0.15) is 36.0 Å². The molecule has 19 heavy (non-hydrogen) atoms. The van der Waals surface area contributed by atoms with Crippen molar-refractivity contribution in [3.8, 4) is 0 Å². The number of rotatable bonds is 3. The standard InChI is InChI=1S/C15H19NO3/c1-16(2)12-9-7-11(8-10-12)15(18)19-14-6-4-3-5-13(14)17/h7-10,14H,3-6H2,1-2H3/t14-/m0/s1. The zero-order chi connectivity index (χ0) is 13.8. The van der Waals surface area contributed by atoms with Gasteiger partial charge in [-0.15, -0.1) is 0 Å². The summed E-state index contributed by atoms with van der Waals surface area (Å²) in [6.07, 6.45) is 2.49. The van der Waals surface area contributed by atoms with Crippen LogP contribution < -0.4 is 4.90 Å². The van der Waals surface area contributed by atoms with Gasteiger partial charge in [0.15, 0.2) is 11.9 Å². The molecular weight excluding hydrogens is 242 g/mol. The first kappa shape index (κ1) is 13.6. The van der Waals surface area contributed by atoms with E-state index >= 15 is 0 Å². The molecule has 1 aromatic carbocycles. The van der Waals surface area contributed by atoms with Crippen molar-refractivity contribution in [3.63, 3.8) is 0 Å². The number of benzene rings is 1. The van der Waals surface area contributed by atoms with Crippen LogP contribution in [0.15, 0.2) is 24.3 Å². The van der Waals surface area contributed by atoms with E-state index < -0.39 is 12.1 Å². The maximum absolute atomic E-state index is 12.0. The van der Waals surface area contributed by atoms with Gasteiger partial charge in [0, 0.05) is 26.2 Å². The Kier molecular flexibility index (Phi) is 4.20. The predicted molar refractivity (Wildman–Crippen MR) is 73.4 cm³/mol. The molecule has 102 valence electrons. The van der Waals surface area contributed by atoms with Crippen molar-refractivity contribution in [1.82, 2.24) is 0 Å². The van der Waals surface area contributed by atoms with E-state index in [0.29, 0.717) is 18.4 Å². The molecule has 2 rings (SSSR count). The molecule has 1 fully saturated rings. The Morgan fingerprint density at radius 1 is 1.21 bits per heavy atom. The number of carbonyl (C=O) groups is 2. The minimum absolute atomic E-state index is 0.0458. The lowest BCUT2D eigenvalue weighted by molar-refractivity contribution is -0.129. The quantitative estimate of drug-likeness (QED) is 0.784. The Morgan fingerprint density at radius 3 is 2.47 bits per heavy atom. The van der Waals surface area contributed by atoms with E-state index in [4.69, 9.17) is 4.74 Å². The summed E-state index contributed by atoms with van der Waals surface area (Å²) in [5.74, 6) is -0.366. The Labute approximate surface area is 113 Å². The molecule has 1 atom stereocenters. The second-order valence-electron chi connectivity index (χ2n) is 5.05. The van der Waals surface area contributed by atoms with E-state index in [2.05, 4.69) is 0 Å². The molecule has 0 aromatic heterocycles. The van der Waals surface area contributed by atoms with Gasteiger partial charge in [-0.1, -0.05) is 0 Å². The molecule has 0 unspecified atom stereocenters. The summed E-state index contributed by atoms with van der Waals surface area (Å²) in [5, 5.41) is 0. The van der Waals surface area contributed by atoms with E-state index in [1.54, 1.807) is 12.1 Å². The summed E-state index contributed by atoms with van der Waals surface area (Å²) in [6, 6.07) is 7.18. The first-order chi connectivity index (χ1) is 9.08. The number of ketones is 1. The summed E-state index contributed by atoms with van der Waals surface area (Å²) in [6.45, 7) is 0. The number of nitrogens with zero attached hydrogens (tertiary/aromatic N) is 1. The normalized spacial score (nSPS) is 19.1. The van der Waals surface area contributed by atoms with Gasteiger partial charge >= 0.3 is 5.97 Å². The molecule has 1 aliphatic rings. The van der Waals surface area contributed by atoms with E-state index in [-0.39, 0.29) is 5.78 Å². The Bertz CT molecular complexity index is 465. The van der Waals surface area contributed by atoms with Crippen molar-refractivity contribution in [1.29, 1.82) is 0 Å². The van der Waals surface area contributed by atoms with Crippen LogP contribution in [0, 0.1) is 0 Å². The molecule has 0 heterocycles. The SMILES string of the molecule is CN(C)c1ccc(C(=O)O[C@H]2CCCCC2=O)cc1. The lowest BCUT2D eigenvalue weighted by atomic mass is 9.96. The highest BCUT2D eigenvalue weighted by Crippen LogP contribution is 2.19. The summed E-state index contributed by atoms with van der Waals surface area (Å²) < 4.78 is 5.29. The zero-order valence-electron chi connectivity index (χ0n) is 11.4. The molecule has 0 spiro atoms. The zero-order valence-corrected chi connectivity index (χ0v) is 11.4. The third-order valence-corrected chi connectivity index (χ3v) is 3.37. The molecule has 4 heteroatoms. The predicted octanol–water partition coefficient (Wildman–Crippen LogP) is 2.42. The Balaban J connectivity index is 2.01. The van der Waals surface area contributed by atoms with Crippen LogP contribution in [0.4, 0.5) is 5.69 Å². The lowest BCUT2D eigenvalue weighted by Gasteiger charge is -2.20. The molecule has 0 saturated heterocycles. The molecule has 0 radical (unpaired) electrons. The van der Waals surface area contributed by atoms with Gasteiger partial charge in [0.2, 0.25) is 0 Å². The third-order valence-electron chi connectivity index (χ3n) is 3.37. The Hall–Kier alpha value is -1.84. The van der Waals surface area contributed by atoms with Gasteiger partial charge < -0.3 is 9.64 Å². The van der Waals surface area contributed by atoms with Crippen molar-refractivity contribution >= 4 is 17.4 Å². The number of anilines is 1. The molecule has 1 aromatic rings. The molecule has 0 amide bonds. The number of esters is 1. The summed E-state index contributed by atoms with van der Waals surface area (Å²) in [7, 11) is 3.88. The van der Waals surface area contributed by atoms with Crippen LogP contribution in [0.2, 0.25) is 0 Å². The van der Waals surface area contributed by atoms with Crippen LogP contribution in [0.5, 0.6) is 0 Å². The number of Topliss-reactive ketones (excluding diaryl/α,β-unsaturated/α-hetero) is 1. The van der Waals surface area contributed by atoms with E-state index in [0.717, 1.165) is 18.5 Å². The minimum Gasteiger partial charge on any atom is -0.451 e. The highest BCUT2D eigenvalue weighted by molar-refractivity contribution is 5.93. The van der Waals surface area contributed by atoms with Crippen LogP contribution in [-0.2, 0) is 9.53 Å². The molecule has 0 aliphatic heterocycles. The van der Waals surface area contributed by atoms with Crippen molar-refractivity contribution in [2.45, 2.75) is 31.8 Å². The van der Waals surface area contributed by atoms with E-state index in [1.165, 1.54) is 0 Å². The lowest BCUT2D eigenvalue weighted by Crippen LogP contribution is -2.30. The first-order valence-corrected chi connectivity index (χ1v) is 6.59. The van der Waals surface area contributed by atoms with Crippen molar-refractivity contribution < 1.29 is 14.3 Å². The highest BCUT2D eigenvalue weighted by Gasteiger charge is 2.26. The number of ether oxygens (including phenoxy) is 1. The molecule has 4 nitrogen and oxygen atoms in total. The second kappa shape index (κ2) is 5.87. The number of hydrogen-bond acceptors (Lipinski definition) is 4. The maximum Gasteiger partial charge on any atom is 0.338 e. The fourth-order valence-corrected chi connectivity index (χ4v) is 2.17. The van der Waals surface area contributed by atoms with Gasteiger partial charge in [0.25, 0.3) is 0 Å². The average Bonchev–Trinajstić information content (AvgIpc) is 2.41. The van der Waals surface area contributed by atoms with Gasteiger partial charge in [0.1, 0.15) is 0 Å². The van der Waals surface area contributed by atoms with Crippen LogP contribution in [-0.4, -0.2) is 32.0 Å². The van der Waals surface area contributed by atoms with Crippen LogP contribution in [0.25, 0.3) is 0 Å². The Morgan fingerprint density at radius 2 is 1.89 bits per heavy atom.